The molecule has 1 N–H and O–H groups in total. The van der Waals surface area contributed by atoms with Gasteiger partial charge in [-0.2, -0.15) is 0 Å². The smallest absolute Gasteiger partial charge is 0.248 e. The summed E-state index contributed by atoms with van der Waals surface area (Å²) in [6.45, 7) is 0.865. The van der Waals surface area contributed by atoms with Gasteiger partial charge < -0.3 is 4.90 Å². The van der Waals surface area contributed by atoms with Crippen LogP contribution in [0.2, 0.25) is 0 Å². The predicted octanol–water partition coefficient (Wildman–Crippen LogP) is 1.25. The average Bonchev–Trinajstić information content (AvgIpc) is 3.23. The minimum Gasteiger partial charge on any atom is -0.339 e. The van der Waals surface area contributed by atoms with Crippen LogP contribution in [0.3, 0.4) is 0 Å². The third-order valence-corrected chi connectivity index (χ3v) is 3.77. The summed E-state index contributed by atoms with van der Waals surface area (Å²) < 4.78 is 0. The Morgan fingerprint density at radius 3 is 2.75 bits per heavy atom. The molecule has 1 saturated heterocycles. The second-order valence-electron chi connectivity index (χ2n) is 5.42. The topological polar surface area (TPSA) is 58.6 Å². The number of carbonyl (C=O) groups is 2. The van der Waals surface area contributed by atoms with Crippen LogP contribution in [0, 0.1) is 5.92 Å². The van der Waals surface area contributed by atoms with Crippen LogP contribution < -0.4 is 5.48 Å². The van der Waals surface area contributed by atoms with Crippen LogP contribution in [0.5, 0.6) is 0 Å². The van der Waals surface area contributed by atoms with Gasteiger partial charge in [-0.3, -0.25) is 14.4 Å². The Kier molecular flexibility index (Phi) is 3.69. The summed E-state index contributed by atoms with van der Waals surface area (Å²) in [6.07, 6.45) is 2.45. The summed E-state index contributed by atoms with van der Waals surface area (Å²) in [5.74, 6) is -0.382. The van der Waals surface area contributed by atoms with Crippen molar-refractivity contribution in [3.8, 4) is 0 Å². The molecule has 1 aliphatic heterocycles. The highest BCUT2D eigenvalue weighted by molar-refractivity contribution is 5.89. The standard InChI is InChI=1S/C15H18N2O3/c18-14-8-12(9-17(14)13-6-7-13)15(19)16-20-10-11-4-2-1-3-5-11/h1-5,12-13H,6-10H2,(H,16,19). The monoisotopic (exact) mass is 274 g/mol. The molecule has 1 heterocycles. The van der Waals surface area contributed by atoms with Crippen LogP contribution in [0.4, 0.5) is 0 Å². The van der Waals surface area contributed by atoms with Crippen LogP contribution in [0.25, 0.3) is 0 Å². The molecule has 0 radical (unpaired) electrons. The number of nitrogens with zero attached hydrogens (tertiary/aromatic N) is 1. The van der Waals surface area contributed by atoms with Crippen LogP contribution in [-0.2, 0) is 21.0 Å². The average molecular weight is 274 g/mol. The Morgan fingerprint density at radius 1 is 1.30 bits per heavy atom. The Bertz CT molecular complexity index is 499. The van der Waals surface area contributed by atoms with Crippen molar-refractivity contribution in [2.75, 3.05) is 6.54 Å². The molecule has 106 valence electrons. The van der Waals surface area contributed by atoms with Crippen molar-refractivity contribution < 1.29 is 14.4 Å². The largest absolute Gasteiger partial charge is 0.339 e. The molecular formula is C15H18N2O3. The zero-order valence-electron chi connectivity index (χ0n) is 11.2. The Labute approximate surface area is 117 Å². The van der Waals surface area contributed by atoms with Gasteiger partial charge in [0.1, 0.15) is 0 Å². The number of hydrogen-bond acceptors (Lipinski definition) is 3. The molecule has 20 heavy (non-hydrogen) atoms. The molecule has 1 aromatic rings. The molecule has 1 unspecified atom stereocenters. The molecule has 1 saturated carbocycles. The number of amides is 2. The zero-order chi connectivity index (χ0) is 13.9. The van der Waals surface area contributed by atoms with Gasteiger partial charge >= 0.3 is 0 Å². The molecule has 2 aliphatic rings. The van der Waals surface area contributed by atoms with Crippen LogP contribution in [0.15, 0.2) is 30.3 Å². The van der Waals surface area contributed by atoms with E-state index in [1.165, 1.54) is 0 Å². The van der Waals surface area contributed by atoms with Gasteiger partial charge in [-0.25, -0.2) is 5.48 Å². The fourth-order valence-corrected chi connectivity index (χ4v) is 2.49. The summed E-state index contributed by atoms with van der Waals surface area (Å²) in [4.78, 5) is 30.8. The van der Waals surface area contributed by atoms with Gasteiger partial charge in [0, 0.05) is 19.0 Å². The lowest BCUT2D eigenvalue weighted by atomic mass is 10.1. The van der Waals surface area contributed by atoms with E-state index in [4.69, 9.17) is 4.84 Å². The summed E-state index contributed by atoms with van der Waals surface area (Å²) in [5.41, 5.74) is 3.45. The van der Waals surface area contributed by atoms with E-state index < -0.39 is 0 Å². The van der Waals surface area contributed by atoms with E-state index in [0.717, 1.165) is 18.4 Å². The molecule has 3 rings (SSSR count). The highest BCUT2D eigenvalue weighted by atomic mass is 16.6. The minimum absolute atomic E-state index is 0.0932. The van der Waals surface area contributed by atoms with Crippen LogP contribution in [-0.4, -0.2) is 29.3 Å². The maximum absolute atomic E-state index is 12.0. The van der Waals surface area contributed by atoms with Crippen molar-refractivity contribution in [2.24, 2.45) is 5.92 Å². The van der Waals surface area contributed by atoms with Gasteiger partial charge in [-0.15, -0.1) is 0 Å². The molecule has 5 heteroatoms. The van der Waals surface area contributed by atoms with E-state index in [1.807, 2.05) is 35.2 Å². The van der Waals surface area contributed by atoms with E-state index in [0.29, 0.717) is 25.6 Å². The summed E-state index contributed by atoms with van der Waals surface area (Å²) >= 11 is 0. The molecular weight excluding hydrogens is 256 g/mol. The van der Waals surface area contributed by atoms with Crippen LogP contribution in [0.1, 0.15) is 24.8 Å². The second kappa shape index (κ2) is 5.63. The third-order valence-electron chi connectivity index (χ3n) is 3.77. The third kappa shape index (κ3) is 2.99. The summed E-state index contributed by atoms with van der Waals surface area (Å²) in [6, 6.07) is 10.0. The molecule has 0 bridgehead atoms. The molecule has 1 aromatic carbocycles. The lowest BCUT2D eigenvalue weighted by Crippen LogP contribution is -2.33. The van der Waals surface area contributed by atoms with Crippen molar-refractivity contribution >= 4 is 11.8 Å². The molecule has 0 aromatic heterocycles. The quantitative estimate of drug-likeness (QED) is 0.822. The van der Waals surface area contributed by atoms with Crippen molar-refractivity contribution in [3.05, 3.63) is 35.9 Å². The highest BCUT2D eigenvalue weighted by Crippen LogP contribution is 2.32. The minimum atomic E-state index is -0.279. The molecule has 2 amide bonds. The van der Waals surface area contributed by atoms with Gasteiger partial charge in [-0.1, -0.05) is 30.3 Å². The SMILES string of the molecule is O=C(NOCc1ccccc1)C1CC(=O)N(C2CC2)C1. The highest BCUT2D eigenvalue weighted by Gasteiger charge is 2.41. The maximum atomic E-state index is 12.0. The zero-order valence-corrected chi connectivity index (χ0v) is 11.2. The number of nitrogens with one attached hydrogen (secondary N) is 1. The Balaban J connectivity index is 1.44. The lowest BCUT2D eigenvalue weighted by molar-refractivity contribution is -0.138. The molecule has 1 atom stereocenters. The first-order chi connectivity index (χ1) is 9.74. The lowest BCUT2D eigenvalue weighted by Gasteiger charge is -2.15. The van der Waals surface area contributed by atoms with Gasteiger partial charge in [0.15, 0.2) is 0 Å². The van der Waals surface area contributed by atoms with E-state index in [2.05, 4.69) is 5.48 Å². The Morgan fingerprint density at radius 2 is 2.05 bits per heavy atom. The van der Waals surface area contributed by atoms with Gasteiger partial charge in [0.25, 0.3) is 0 Å². The van der Waals surface area contributed by atoms with Gasteiger partial charge in [0.2, 0.25) is 11.8 Å². The first-order valence-electron chi connectivity index (χ1n) is 6.99. The number of rotatable bonds is 5. The first-order valence-corrected chi connectivity index (χ1v) is 6.99. The fraction of sp³-hybridized carbons (Fsp3) is 0.467. The molecule has 5 nitrogen and oxygen atoms in total. The van der Waals surface area contributed by atoms with Gasteiger partial charge in [0.05, 0.1) is 12.5 Å². The number of carbonyl (C=O) groups excluding carboxylic acids is 2. The van der Waals surface area contributed by atoms with Crippen molar-refractivity contribution in [2.45, 2.75) is 31.9 Å². The second-order valence-corrected chi connectivity index (χ2v) is 5.42. The maximum Gasteiger partial charge on any atom is 0.248 e. The van der Waals surface area contributed by atoms with Crippen LogP contribution >= 0.6 is 0 Å². The van der Waals surface area contributed by atoms with Gasteiger partial charge in [-0.05, 0) is 18.4 Å². The van der Waals surface area contributed by atoms with E-state index in [1.54, 1.807) is 0 Å². The first kappa shape index (κ1) is 13.1. The van der Waals surface area contributed by atoms with Crippen molar-refractivity contribution in [1.29, 1.82) is 0 Å². The molecule has 1 aliphatic carbocycles. The fourth-order valence-electron chi connectivity index (χ4n) is 2.49. The number of benzene rings is 1. The summed E-state index contributed by atoms with van der Waals surface area (Å²) in [5, 5.41) is 0. The number of hydroxylamine groups is 1. The van der Waals surface area contributed by atoms with E-state index in [9.17, 15) is 9.59 Å². The summed E-state index contributed by atoms with van der Waals surface area (Å²) in [7, 11) is 0. The normalized spacial score (nSPS) is 22.1. The number of likely N-dealkylation sites (tertiary alicyclic amines) is 1. The van der Waals surface area contributed by atoms with Crippen molar-refractivity contribution in [3.63, 3.8) is 0 Å². The Hall–Kier alpha value is -1.88. The molecule has 2 fully saturated rings. The van der Waals surface area contributed by atoms with E-state index >= 15 is 0 Å². The predicted molar refractivity (Wildman–Crippen MR) is 72.2 cm³/mol. The van der Waals surface area contributed by atoms with Crippen molar-refractivity contribution in [1.82, 2.24) is 10.4 Å². The van der Waals surface area contributed by atoms with E-state index in [-0.39, 0.29) is 17.7 Å². The number of hydrogen-bond donors (Lipinski definition) is 1. The molecule has 0 spiro atoms.